The minimum absolute atomic E-state index is 0. The zero-order chi connectivity index (χ0) is 7.68. The molecular weight excluding hydrogens is 187 g/mol. The zero-order valence-electron chi connectivity index (χ0n) is 6.65. The molecule has 2 heterocycles. The number of carbonyl (C=O) groups is 1. The van der Waals surface area contributed by atoms with Gasteiger partial charge in [-0.25, -0.2) is 4.79 Å². The molecule has 2 rings (SSSR count). The first kappa shape index (κ1) is 10.2. The molecule has 5 heteroatoms. The molecule has 1 radical (unpaired) electrons. The van der Waals surface area contributed by atoms with Crippen LogP contribution >= 0.6 is 11.3 Å². The van der Waals surface area contributed by atoms with Crippen LogP contribution in [0.2, 0.25) is 0 Å². The molecular formula is C7H6NaO3S. The van der Waals surface area contributed by atoms with E-state index in [1.54, 1.807) is 6.07 Å². The quantitative estimate of drug-likeness (QED) is 0.393. The maximum atomic E-state index is 10.9. The molecule has 1 aromatic heterocycles. The number of epoxide rings is 1. The average Bonchev–Trinajstić information content (AvgIpc) is 2.73. The van der Waals surface area contributed by atoms with Crippen LogP contribution in [-0.4, -0.2) is 48.2 Å². The minimum atomic E-state index is -0.308. The number of esters is 1. The van der Waals surface area contributed by atoms with Gasteiger partial charge in [0.15, 0.2) is 11.2 Å². The number of carbonyl (C=O) groups excluding carboxylic acids is 1. The molecule has 0 saturated carbocycles. The Balaban J connectivity index is 0.000000720. The fourth-order valence-corrected chi connectivity index (χ4v) is 1.25. The Morgan fingerprint density at radius 1 is 1.75 bits per heavy atom. The van der Waals surface area contributed by atoms with E-state index in [9.17, 15) is 4.79 Å². The predicted octanol–water partition coefficient (Wildman–Crippen LogP) is 0.671. The second-order valence-corrected chi connectivity index (χ2v) is 3.09. The number of rotatable bonds is 2. The predicted molar refractivity (Wildman–Crippen MR) is 45.4 cm³/mol. The topological polar surface area (TPSA) is 38.8 Å². The molecule has 0 spiro atoms. The molecule has 59 valence electrons. The second kappa shape index (κ2) is 4.39. The summed E-state index contributed by atoms with van der Waals surface area (Å²) in [5.74, 6) is -0.285. The number of hydrogen-bond acceptors (Lipinski definition) is 4. The van der Waals surface area contributed by atoms with Gasteiger partial charge in [0.1, 0.15) is 0 Å². The molecule has 0 aromatic carbocycles. The standard InChI is InChI=1S/C7H6O3S.Na/c8-7(5-4-9-5)10-6-2-1-3-11-6;/h1-3,5H,4H2;. The van der Waals surface area contributed by atoms with E-state index < -0.39 is 0 Å². The molecule has 0 amide bonds. The van der Waals surface area contributed by atoms with Crippen LogP contribution in [-0.2, 0) is 9.53 Å². The van der Waals surface area contributed by atoms with Crippen molar-refractivity contribution in [3.63, 3.8) is 0 Å². The third-order valence-electron chi connectivity index (χ3n) is 1.29. The Hall–Kier alpha value is 0.130. The van der Waals surface area contributed by atoms with Gasteiger partial charge in [0.25, 0.3) is 0 Å². The first-order valence-corrected chi connectivity index (χ1v) is 4.11. The molecule has 1 aliphatic rings. The maximum Gasteiger partial charge on any atom is 0.343 e. The van der Waals surface area contributed by atoms with Crippen LogP contribution < -0.4 is 4.74 Å². The Morgan fingerprint density at radius 2 is 2.50 bits per heavy atom. The molecule has 1 unspecified atom stereocenters. The van der Waals surface area contributed by atoms with E-state index in [-0.39, 0.29) is 41.6 Å². The van der Waals surface area contributed by atoms with Gasteiger partial charge in [0, 0.05) is 29.6 Å². The minimum Gasteiger partial charge on any atom is -0.413 e. The van der Waals surface area contributed by atoms with Crippen LogP contribution in [0.3, 0.4) is 0 Å². The molecule has 0 N–H and O–H groups in total. The first-order chi connectivity index (χ1) is 5.36. The summed E-state index contributed by atoms with van der Waals surface area (Å²) in [4.78, 5) is 10.9. The van der Waals surface area contributed by atoms with Gasteiger partial charge in [-0.15, -0.1) is 11.3 Å². The van der Waals surface area contributed by atoms with Crippen molar-refractivity contribution in [2.75, 3.05) is 6.61 Å². The number of ether oxygens (including phenoxy) is 2. The molecule has 1 atom stereocenters. The summed E-state index contributed by atoms with van der Waals surface area (Å²) in [7, 11) is 0. The SMILES string of the molecule is O=C(Oc1cccs1)C1CO1.[Na]. The van der Waals surface area contributed by atoms with Gasteiger partial charge in [-0.3, -0.25) is 0 Å². The van der Waals surface area contributed by atoms with E-state index in [1.807, 2.05) is 11.4 Å². The van der Waals surface area contributed by atoms with Gasteiger partial charge < -0.3 is 9.47 Å². The van der Waals surface area contributed by atoms with Gasteiger partial charge in [-0.1, -0.05) is 0 Å². The summed E-state index contributed by atoms with van der Waals surface area (Å²) in [6.45, 7) is 0.504. The fourth-order valence-electron chi connectivity index (χ4n) is 0.671. The summed E-state index contributed by atoms with van der Waals surface area (Å²) in [6.07, 6.45) is -0.308. The van der Waals surface area contributed by atoms with Gasteiger partial charge >= 0.3 is 5.97 Å². The third kappa shape index (κ3) is 2.57. The normalized spacial score (nSPS) is 19.5. The van der Waals surface area contributed by atoms with Crippen LogP contribution in [0.5, 0.6) is 5.06 Å². The van der Waals surface area contributed by atoms with E-state index in [2.05, 4.69) is 0 Å². The molecule has 1 fully saturated rings. The van der Waals surface area contributed by atoms with Crippen LogP contribution in [0.15, 0.2) is 17.5 Å². The van der Waals surface area contributed by atoms with Crippen LogP contribution in [0.4, 0.5) is 0 Å². The number of hydrogen-bond donors (Lipinski definition) is 0. The molecule has 0 aliphatic carbocycles. The zero-order valence-corrected chi connectivity index (χ0v) is 9.47. The molecule has 0 bridgehead atoms. The van der Waals surface area contributed by atoms with Gasteiger partial charge in [-0.05, 0) is 17.5 Å². The summed E-state index contributed by atoms with van der Waals surface area (Å²) in [5.41, 5.74) is 0. The van der Waals surface area contributed by atoms with Crippen LogP contribution in [0.25, 0.3) is 0 Å². The Kier molecular flexibility index (Phi) is 3.74. The van der Waals surface area contributed by atoms with Crippen molar-refractivity contribution in [2.24, 2.45) is 0 Å². The summed E-state index contributed by atoms with van der Waals surface area (Å²) < 4.78 is 9.68. The fraction of sp³-hybridized carbons (Fsp3) is 0.286. The van der Waals surface area contributed by atoms with Crippen molar-refractivity contribution in [2.45, 2.75) is 6.10 Å². The van der Waals surface area contributed by atoms with E-state index in [4.69, 9.17) is 9.47 Å². The number of thiophene rings is 1. The van der Waals surface area contributed by atoms with E-state index in [0.717, 1.165) is 0 Å². The molecule has 12 heavy (non-hydrogen) atoms. The van der Waals surface area contributed by atoms with Gasteiger partial charge in [0.05, 0.1) is 6.61 Å². The second-order valence-electron chi connectivity index (χ2n) is 2.18. The summed E-state index contributed by atoms with van der Waals surface area (Å²) in [6, 6.07) is 3.59. The van der Waals surface area contributed by atoms with Crippen molar-refractivity contribution >= 4 is 46.9 Å². The Bertz CT molecular complexity index is 256. The monoisotopic (exact) mass is 193 g/mol. The van der Waals surface area contributed by atoms with Crippen LogP contribution in [0, 0.1) is 0 Å². The average molecular weight is 193 g/mol. The molecule has 1 aromatic rings. The van der Waals surface area contributed by atoms with Crippen molar-refractivity contribution in [3.8, 4) is 5.06 Å². The summed E-state index contributed by atoms with van der Waals surface area (Å²) in [5, 5.41) is 2.49. The van der Waals surface area contributed by atoms with Crippen molar-refractivity contribution in [3.05, 3.63) is 17.5 Å². The first-order valence-electron chi connectivity index (χ1n) is 3.23. The molecule has 1 aliphatic heterocycles. The van der Waals surface area contributed by atoms with Gasteiger partial charge in [-0.2, -0.15) is 0 Å². The molecule has 1 saturated heterocycles. The Labute approximate surface area is 96.0 Å². The van der Waals surface area contributed by atoms with Gasteiger partial charge in [0.2, 0.25) is 0 Å². The van der Waals surface area contributed by atoms with Crippen molar-refractivity contribution in [1.82, 2.24) is 0 Å². The van der Waals surface area contributed by atoms with E-state index in [0.29, 0.717) is 11.7 Å². The molecule has 3 nitrogen and oxygen atoms in total. The smallest absolute Gasteiger partial charge is 0.343 e. The third-order valence-corrected chi connectivity index (χ3v) is 2.04. The van der Waals surface area contributed by atoms with E-state index >= 15 is 0 Å². The van der Waals surface area contributed by atoms with E-state index in [1.165, 1.54) is 11.3 Å². The van der Waals surface area contributed by atoms with Crippen molar-refractivity contribution < 1.29 is 14.3 Å². The van der Waals surface area contributed by atoms with Crippen LogP contribution in [0.1, 0.15) is 0 Å². The largest absolute Gasteiger partial charge is 0.413 e. The van der Waals surface area contributed by atoms with Crippen molar-refractivity contribution in [1.29, 1.82) is 0 Å². The Morgan fingerprint density at radius 3 is 3.00 bits per heavy atom. The maximum absolute atomic E-state index is 10.9. The summed E-state index contributed by atoms with van der Waals surface area (Å²) >= 11 is 1.40.